The van der Waals surface area contributed by atoms with Crippen molar-refractivity contribution >= 4 is 32.6 Å². The summed E-state index contributed by atoms with van der Waals surface area (Å²) >= 11 is 0. The van der Waals surface area contributed by atoms with Gasteiger partial charge in [-0.2, -0.15) is 4.57 Å². The van der Waals surface area contributed by atoms with Crippen molar-refractivity contribution in [2.24, 2.45) is 0 Å². The molecular weight excluding hydrogens is 428 g/mol. The summed E-state index contributed by atoms with van der Waals surface area (Å²) < 4.78 is 10.2. The van der Waals surface area contributed by atoms with Gasteiger partial charge in [-0.3, -0.25) is 0 Å². The van der Waals surface area contributed by atoms with Crippen molar-refractivity contribution < 1.29 is 9.30 Å². The molecule has 35 heavy (non-hydrogen) atoms. The van der Waals surface area contributed by atoms with Crippen LogP contribution < -0.4 is 9.30 Å². The third kappa shape index (κ3) is 3.47. The van der Waals surface area contributed by atoms with Crippen molar-refractivity contribution in [1.29, 1.82) is 0 Å². The van der Waals surface area contributed by atoms with Gasteiger partial charge in [-0.05, 0) is 91.2 Å². The van der Waals surface area contributed by atoms with Gasteiger partial charge in [0, 0.05) is 23.5 Å². The summed E-state index contributed by atoms with van der Waals surface area (Å²) in [6, 6.07) is 30.6. The molecule has 0 aliphatic carbocycles. The fourth-order valence-corrected chi connectivity index (χ4v) is 5.48. The Hall–Kier alpha value is -4.11. The molecule has 6 rings (SSSR count). The topological polar surface area (TPSA) is 18.0 Å². The summed E-state index contributed by atoms with van der Waals surface area (Å²) in [7, 11) is 1.70. The molecule has 0 unspecified atom stereocenters. The molecule has 0 aliphatic heterocycles. The maximum Gasteiger partial charge on any atom is 0.216 e. The number of rotatable bonds is 4. The predicted octanol–water partition coefficient (Wildman–Crippen LogP) is 7.54. The van der Waals surface area contributed by atoms with Gasteiger partial charge in [0.05, 0.1) is 23.6 Å². The Labute approximate surface area is 205 Å². The fraction of sp³-hybridized carbons (Fsp3) is 0.156. The Morgan fingerprint density at radius 3 is 2.29 bits per heavy atom. The van der Waals surface area contributed by atoms with Gasteiger partial charge < -0.3 is 9.30 Å². The molecule has 0 saturated carbocycles. The Bertz CT molecular complexity index is 1710. The zero-order valence-electron chi connectivity index (χ0n) is 20.7. The SMILES string of the molecule is CC[n+]1c2cc3cc(-c4ccccc4)n(-c4ccc(OC)cc4)cc3cc2c2cc(C)cc(C)c21. The number of aryl methyl sites for hydroxylation is 3. The second-order valence-corrected chi connectivity index (χ2v) is 9.31. The minimum Gasteiger partial charge on any atom is -0.497 e. The average molecular weight is 458 g/mol. The molecule has 0 atom stereocenters. The van der Waals surface area contributed by atoms with Crippen LogP contribution in [0, 0.1) is 13.8 Å². The number of benzene rings is 4. The van der Waals surface area contributed by atoms with E-state index >= 15 is 0 Å². The quantitative estimate of drug-likeness (QED) is 0.250. The summed E-state index contributed by atoms with van der Waals surface area (Å²) in [5.74, 6) is 0.858. The highest BCUT2D eigenvalue weighted by Crippen LogP contribution is 2.34. The van der Waals surface area contributed by atoms with Crippen molar-refractivity contribution in [2.75, 3.05) is 7.11 Å². The minimum absolute atomic E-state index is 0.858. The van der Waals surface area contributed by atoms with Crippen LogP contribution in [0.3, 0.4) is 0 Å². The number of aromatic nitrogens is 2. The van der Waals surface area contributed by atoms with Crippen LogP contribution in [-0.2, 0) is 6.54 Å². The predicted molar refractivity (Wildman–Crippen MR) is 146 cm³/mol. The molecule has 3 heteroatoms. The molecule has 6 aromatic rings. The van der Waals surface area contributed by atoms with Gasteiger partial charge in [0.15, 0.2) is 0 Å². The van der Waals surface area contributed by atoms with Crippen LogP contribution in [0.15, 0.2) is 91.1 Å². The summed E-state index contributed by atoms with van der Waals surface area (Å²) in [5.41, 5.74) is 8.73. The van der Waals surface area contributed by atoms with Crippen LogP contribution >= 0.6 is 0 Å². The molecule has 2 aromatic heterocycles. The molecule has 0 amide bonds. The Balaban J connectivity index is 1.70. The first-order valence-corrected chi connectivity index (χ1v) is 12.2. The van der Waals surface area contributed by atoms with Crippen molar-refractivity contribution in [3.63, 3.8) is 0 Å². The molecule has 3 nitrogen and oxygen atoms in total. The standard InChI is InChI=1S/C32H29N2O/c1-5-33-31-19-24-18-30(23-9-7-6-8-10-23)34(26-11-13-27(35-4)14-12-26)20-25(24)17-28(31)29-16-21(2)15-22(3)32(29)33/h6-20H,5H2,1-4H3/q+1. The molecule has 0 aliphatic rings. The van der Waals surface area contributed by atoms with Crippen molar-refractivity contribution in [3.05, 3.63) is 102 Å². The molecule has 0 bridgehead atoms. The first-order chi connectivity index (χ1) is 17.1. The van der Waals surface area contributed by atoms with Gasteiger partial charge in [0.1, 0.15) is 12.3 Å². The average Bonchev–Trinajstić information content (AvgIpc) is 3.19. The van der Waals surface area contributed by atoms with Gasteiger partial charge >= 0.3 is 0 Å². The van der Waals surface area contributed by atoms with E-state index in [1.165, 1.54) is 49.3 Å². The molecule has 2 heterocycles. The summed E-state index contributed by atoms with van der Waals surface area (Å²) in [4.78, 5) is 0. The highest BCUT2D eigenvalue weighted by molar-refractivity contribution is 6.10. The van der Waals surface area contributed by atoms with E-state index in [1.807, 2.05) is 12.1 Å². The first-order valence-electron chi connectivity index (χ1n) is 12.2. The van der Waals surface area contributed by atoms with E-state index in [1.54, 1.807) is 7.11 Å². The van der Waals surface area contributed by atoms with Crippen LogP contribution in [0.5, 0.6) is 5.75 Å². The first kappa shape index (κ1) is 21.4. The number of hydrogen-bond acceptors (Lipinski definition) is 1. The minimum atomic E-state index is 0.858. The lowest BCUT2D eigenvalue weighted by Crippen LogP contribution is -2.31. The van der Waals surface area contributed by atoms with Crippen molar-refractivity contribution in [1.82, 2.24) is 4.57 Å². The van der Waals surface area contributed by atoms with Crippen LogP contribution in [0.2, 0.25) is 0 Å². The zero-order chi connectivity index (χ0) is 24.1. The molecule has 0 saturated heterocycles. The molecular formula is C32H29N2O+. The third-order valence-electron chi connectivity index (χ3n) is 7.05. The lowest BCUT2D eigenvalue weighted by Gasteiger charge is -2.16. The van der Waals surface area contributed by atoms with Crippen LogP contribution in [-0.4, -0.2) is 11.7 Å². The second-order valence-electron chi connectivity index (χ2n) is 9.31. The van der Waals surface area contributed by atoms with E-state index in [2.05, 4.69) is 109 Å². The molecule has 172 valence electrons. The van der Waals surface area contributed by atoms with Crippen LogP contribution in [0.1, 0.15) is 18.1 Å². The maximum absolute atomic E-state index is 5.40. The third-order valence-corrected chi connectivity index (χ3v) is 7.05. The highest BCUT2D eigenvalue weighted by atomic mass is 16.5. The molecule has 4 aromatic carbocycles. The van der Waals surface area contributed by atoms with E-state index in [0.717, 1.165) is 23.7 Å². The lowest BCUT2D eigenvalue weighted by molar-refractivity contribution is -0.640. The Morgan fingerprint density at radius 2 is 1.57 bits per heavy atom. The monoisotopic (exact) mass is 457 g/mol. The maximum atomic E-state index is 5.40. The van der Waals surface area contributed by atoms with Crippen molar-refractivity contribution in [2.45, 2.75) is 27.3 Å². The normalized spacial score (nSPS) is 11.5. The van der Waals surface area contributed by atoms with Gasteiger partial charge in [-0.15, -0.1) is 0 Å². The lowest BCUT2D eigenvalue weighted by atomic mass is 10.0. The van der Waals surface area contributed by atoms with E-state index in [9.17, 15) is 0 Å². The number of nitrogens with zero attached hydrogens (tertiary/aromatic N) is 2. The Kier molecular flexibility index (Phi) is 5.07. The fourth-order valence-electron chi connectivity index (χ4n) is 5.48. The number of hydrogen-bond donors (Lipinski definition) is 0. The second kappa shape index (κ2) is 8.28. The Morgan fingerprint density at radius 1 is 0.800 bits per heavy atom. The largest absolute Gasteiger partial charge is 0.497 e. The number of methoxy groups -OCH3 is 1. The summed E-state index contributed by atoms with van der Waals surface area (Å²) in [6.45, 7) is 7.59. The van der Waals surface area contributed by atoms with Gasteiger partial charge in [-0.25, -0.2) is 0 Å². The van der Waals surface area contributed by atoms with E-state index in [4.69, 9.17) is 4.74 Å². The van der Waals surface area contributed by atoms with E-state index in [0.29, 0.717) is 0 Å². The van der Waals surface area contributed by atoms with Gasteiger partial charge in [0.25, 0.3) is 0 Å². The molecule has 0 fully saturated rings. The number of ether oxygens (including phenoxy) is 1. The van der Waals surface area contributed by atoms with Crippen LogP contribution in [0.4, 0.5) is 0 Å². The van der Waals surface area contributed by atoms with Crippen LogP contribution in [0.25, 0.3) is 49.5 Å². The van der Waals surface area contributed by atoms with E-state index in [-0.39, 0.29) is 0 Å². The molecule has 0 N–H and O–H groups in total. The van der Waals surface area contributed by atoms with E-state index < -0.39 is 0 Å². The molecule has 0 radical (unpaired) electrons. The number of pyridine rings is 1. The van der Waals surface area contributed by atoms with Gasteiger partial charge in [-0.1, -0.05) is 30.3 Å². The zero-order valence-corrected chi connectivity index (χ0v) is 20.7. The summed E-state index contributed by atoms with van der Waals surface area (Å²) in [5, 5.41) is 5.12. The number of fused-ring (bicyclic) bond motifs is 4. The smallest absolute Gasteiger partial charge is 0.216 e. The van der Waals surface area contributed by atoms with Gasteiger partial charge in [0.2, 0.25) is 11.0 Å². The highest BCUT2D eigenvalue weighted by Gasteiger charge is 2.22. The summed E-state index contributed by atoms with van der Waals surface area (Å²) in [6.07, 6.45) is 2.27. The molecule has 0 spiro atoms. The van der Waals surface area contributed by atoms with Crippen molar-refractivity contribution in [3.8, 4) is 22.7 Å².